The van der Waals surface area contributed by atoms with Crippen LogP contribution in [0.25, 0.3) is 0 Å². The first-order valence-corrected chi connectivity index (χ1v) is 6.33. The topological polar surface area (TPSA) is 66.3 Å². The number of aromatic nitrogens is 2. The van der Waals surface area contributed by atoms with Crippen molar-refractivity contribution in [1.82, 2.24) is 14.9 Å². The molecule has 2 rings (SSSR count). The first-order chi connectivity index (χ1) is 8.56. The summed E-state index contributed by atoms with van der Waals surface area (Å²) in [6.07, 6.45) is 2.85. The van der Waals surface area contributed by atoms with Crippen LogP contribution in [0, 0.1) is 6.92 Å². The van der Waals surface area contributed by atoms with Crippen LogP contribution in [-0.2, 0) is 11.2 Å². The fourth-order valence-corrected chi connectivity index (χ4v) is 2.41. The van der Waals surface area contributed by atoms with Gasteiger partial charge in [-0.1, -0.05) is 0 Å². The van der Waals surface area contributed by atoms with Gasteiger partial charge in [-0.2, -0.15) is 0 Å². The Kier molecular flexibility index (Phi) is 3.91. The summed E-state index contributed by atoms with van der Waals surface area (Å²) in [6, 6.07) is 2.16. The van der Waals surface area contributed by atoms with Crippen LogP contribution in [-0.4, -0.2) is 39.5 Å². The van der Waals surface area contributed by atoms with E-state index in [1.807, 2.05) is 13.0 Å². The Labute approximate surface area is 107 Å². The SMILES string of the molecule is Cc1cc(CCC(=O)O)nc([C@@H]2CCCN2C)n1. The predicted octanol–water partition coefficient (Wildman–Crippen LogP) is 1.57. The molecular weight excluding hydrogens is 230 g/mol. The number of aliphatic carboxylic acids is 1. The third-order valence-electron chi connectivity index (χ3n) is 3.34. The standard InChI is InChI=1S/C13H19N3O2/c1-9-8-10(5-6-12(17)18)15-13(14-9)11-4-3-7-16(11)2/h8,11H,3-7H2,1-2H3,(H,17,18)/t11-/m0/s1. The van der Waals surface area contributed by atoms with Crippen molar-refractivity contribution >= 4 is 5.97 Å². The normalized spacial score (nSPS) is 20.2. The molecule has 0 radical (unpaired) electrons. The zero-order valence-corrected chi connectivity index (χ0v) is 10.9. The maximum absolute atomic E-state index is 10.6. The van der Waals surface area contributed by atoms with Gasteiger partial charge < -0.3 is 5.11 Å². The molecule has 0 aromatic carbocycles. The number of nitrogens with zero attached hydrogens (tertiary/aromatic N) is 3. The Balaban J connectivity index is 2.18. The smallest absolute Gasteiger partial charge is 0.303 e. The van der Waals surface area contributed by atoms with Gasteiger partial charge in [-0.05, 0) is 39.4 Å². The van der Waals surface area contributed by atoms with Gasteiger partial charge in [0.1, 0.15) is 5.82 Å². The molecule has 1 atom stereocenters. The summed E-state index contributed by atoms with van der Waals surface area (Å²) < 4.78 is 0. The number of hydrogen-bond donors (Lipinski definition) is 1. The molecule has 0 saturated carbocycles. The molecule has 1 aliphatic rings. The average Bonchev–Trinajstić information content (AvgIpc) is 2.72. The van der Waals surface area contributed by atoms with Crippen LogP contribution in [0.1, 0.15) is 42.5 Å². The summed E-state index contributed by atoms with van der Waals surface area (Å²) >= 11 is 0. The van der Waals surface area contributed by atoms with Crippen LogP contribution >= 0.6 is 0 Å². The summed E-state index contributed by atoms with van der Waals surface area (Å²) in [5.41, 5.74) is 1.75. The zero-order valence-electron chi connectivity index (χ0n) is 10.9. The van der Waals surface area contributed by atoms with Crippen molar-refractivity contribution in [3.8, 4) is 0 Å². The second-order valence-electron chi connectivity index (χ2n) is 4.89. The molecule has 0 spiro atoms. The van der Waals surface area contributed by atoms with Crippen LogP contribution in [0.5, 0.6) is 0 Å². The van der Waals surface area contributed by atoms with Gasteiger partial charge in [0, 0.05) is 17.8 Å². The lowest BCUT2D eigenvalue weighted by molar-refractivity contribution is -0.136. The van der Waals surface area contributed by atoms with Gasteiger partial charge in [-0.15, -0.1) is 0 Å². The minimum absolute atomic E-state index is 0.121. The van der Waals surface area contributed by atoms with E-state index in [1.54, 1.807) is 0 Å². The molecule has 98 valence electrons. The Bertz CT molecular complexity index is 448. The summed E-state index contributed by atoms with van der Waals surface area (Å²) in [5.74, 6) is 0.0567. The van der Waals surface area contributed by atoms with Crippen molar-refractivity contribution in [2.24, 2.45) is 0 Å². The van der Waals surface area contributed by atoms with Crippen LogP contribution < -0.4 is 0 Å². The van der Waals surface area contributed by atoms with Crippen molar-refractivity contribution in [2.75, 3.05) is 13.6 Å². The molecule has 0 unspecified atom stereocenters. The minimum Gasteiger partial charge on any atom is -0.481 e. The number of carbonyl (C=O) groups is 1. The molecular formula is C13H19N3O2. The zero-order chi connectivity index (χ0) is 13.1. The quantitative estimate of drug-likeness (QED) is 0.877. The van der Waals surface area contributed by atoms with E-state index in [0.717, 1.165) is 30.2 Å². The van der Waals surface area contributed by atoms with Crippen molar-refractivity contribution < 1.29 is 9.90 Å². The van der Waals surface area contributed by atoms with E-state index in [-0.39, 0.29) is 12.5 Å². The van der Waals surface area contributed by atoms with E-state index >= 15 is 0 Å². The molecule has 2 heterocycles. The average molecular weight is 249 g/mol. The molecule has 18 heavy (non-hydrogen) atoms. The van der Waals surface area contributed by atoms with Gasteiger partial charge in [0.15, 0.2) is 0 Å². The molecule has 1 saturated heterocycles. The summed E-state index contributed by atoms with van der Waals surface area (Å²) in [7, 11) is 2.08. The third kappa shape index (κ3) is 3.04. The van der Waals surface area contributed by atoms with Crippen LogP contribution in [0.4, 0.5) is 0 Å². The van der Waals surface area contributed by atoms with E-state index in [9.17, 15) is 4.79 Å². The molecule has 0 aliphatic carbocycles. The van der Waals surface area contributed by atoms with E-state index in [2.05, 4.69) is 21.9 Å². The number of rotatable bonds is 4. The molecule has 1 aromatic heterocycles. The number of hydrogen-bond acceptors (Lipinski definition) is 4. The monoisotopic (exact) mass is 249 g/mol. The van der Waals surface area contributed by atoms with Crippen LogP contribution in [0.15, 0.2) is 6.07 Å². The van der Waals surface area contributed by atoms with Gasteiger partial charge in [0.05, 0.1) is 12.5 Å². The van der Waals surface area contributed by atoms with Crippen molar-refractivity contribution in [2.45, 2.75) is 38.6 Å². The van der Waals surface area contributed by atoms with E-state index in [4.69, 9.17) is 5.11 Å². The second kappa shape index (κ2) is 5.44. The lowest BCUT2D eigenvalue weighted by Crippen LogP contribution is -2.20. The van der Waals surface area contributed by atoms with Crippen LogP contribution in [0.2, 0.25) is 0 Å². The molecule has 1 fully saturated rings. The third-order valence-corrected chi connectivity index (χ3v) is 3.34. The maximum Gasteiger partial charge on any atom is 0.303 e. The summed E-state index contributed by atoms with van der Waals surface area (Å²) in [5, 5.41) is 8.72. The summed E-state index contributed by atoms with van der Waals surface area (Å²) in [4.78, 5) is 21.9. The first-order valence-electron chi connectivity index (χ1n) is 6.33. The lowest BCUT2D eigenvalue weighted by Gasteiger charge is -2.18. The summed E-state index contributed by atoms with van der Waals surface area (Å²) in [6.45, 7) is 3.01. The largest absolute Gasteiger partial charge is 0.481 e. The van der Waals surface area contributed by atoms with Crippen molar-refractivity contribution in [3.63, 3.8) is 0 Å². The van der Waals surface area contributed by atoms with Crippen molar-refractivity contribution in [1.29, 1.82) is 0 Å². The van der Waals surface area contributed by atoms with Crippen LogP contribution in [0.3, 0.4) is 0 Å². The highest BCUT2D eigenvalue weighted by molar-refractivity contribution is 5.66. The maximum atomic E-state index is 10.6. The predicted molar refractivity (Wildman–Crippen MR) is 67.3 cm³/mol. The highest BCUT2D eigenvalue weighted by atomic mass is 16.4. The van der Waals surface area contributed by atoms with Gasteiger partial charge in [0.2, 0.25) is 0 Å². The highest BCUT2D eigenvalue weighted by Crippen LogP contribution is 2.28. The molecule has 5 heteroatoms. The number of aryl methyl sites for hydroxylation is 2. The molecule has 0 amide bonds. The fraction of sp³-hybridized carbons (Fsp3) is 0.615. The Morgan fingerprint density at radius 2 is 2.33 bits per heavy atom. The Morgan fingerprint density at radius 1 is 1.56 bits per heavy atom. The minimum atomic E-state index is -0.786. The molecule has 1 N–H and O–H groups in total. The van der Waals surface area contributed by atoms with E-state index in [0.29, 0.717) is 6.42 Å². The molecule has 1 aromatic rings. The fourth-order valence-electron chi connectivity index (χ4n) is 2.41. The Morgan fingerprint density at radius 3 is 2.94 bits per heavy atom. The van der Waals surface area contributed by atoms with Gasteiger partial charge in [-0.25, -0.2) is 9.97 Å². The van der Waals surface area contributed by atoms with Crippen molar-refractivity contribution in [3.05, 3.63) is 23.3 Å². The van der Waals surface area contributed by atoms with Gasteiger partial charge in [-0.3, -0.25) is 9.69 Å². The Hall–Kier alpha value is -1.49. The van der Waals surface area contributed by atoms with E-state index in [1.165, 1.54) is 6.42 Å². The number of carboxylic acids is 1. The molecule has 5 nitrogen and oxygen atoms in total. The number of carboxylic acid groups (broad SMARTS) is 1. The molecule has 1 aliphatic heterocycles. The number of likely N-dealkylation sites (tertiary alicyclic amines) is 1. The second-order valence-corrected chi connectivity index (χ2v) is 4.89. The highest BCUT2D eigenvalue weighted by Gasteiger charge is 2.25. The van der Waals surface area contributed by atoms with Gasteiger partial charge in [0.25, 0.3) is 0 Å². The van der Waals surface area contributed by atoms with Gasteiger partial charge >= 0.3 is 5.97 Å². The first kappa shape index (κ1) is 13.0. The lowest BCUT2D eigenvalue weighted by atomic mass is 10.1. The molecule has 0 bridgehead atoms. The van der Waals surface area contributed by atoms with E-state index < -0.39 is 5.97 Å².